The standard InChI is InChI=1S/C19H30FN3O4S/c1-5-6-7-12-21-19(25)15(2)23(13-16-8-10-17(20)11-9-16)18(24)14-22(3)28(4,26)27/h8-11,15H,5-7,12-14H2,1-4H3,(H,21,25)/t15-/m0/s1. The lowest BCUT2D eigenvalue weighted by Gasteiger charge is -2.30. The number of nitrogens with zero attached hydrogens (tertiary/aromatic N) is 2. The van der Waals surface area contributed by atoms with Crippen molar-refractivity contribution < 1.29 is 22.4 Å². The van der Waals surface area contributed by atoms with Gasteiger partial charge in [-0.15, -0.1) is 0 Å². The minimum Gasteiger partial charge on any atom is -0.354 e. The number of benzene rings is 1. The molecule has 1 atom stereocenters. The van der Waals surface area contributed by atoms with Crippen LogP contribution in [-0.4, -0.2) is 61.9 Å². The van der Waals surface area contributed by atoms with Crippen molar-refractivity contribution in [3.8, 4) is 0 Å². The van der Waals surface area contributed by atoms with Crippen molar-refractivity contribution in [1.29, 1.82) is 0 Å². The second-order valence-electron chi connectivity index (χ2n) is 6.84. The first-order chi connectivity index (χ1) is 13.1. The maximum atomic E-state index is 13.2. The van der Waals surface area contributed by atoms with E-state index in [2.05, 4.69) is 12.2 Å². The number of carbonyl (C=O) groups excluding carboxylic acids is 2. The highest BCUT2D eigenvalue weighted by atomic mass is 32.2. The Bertz CT molecular complexity index is 753. The van der Waals surface area contributed by atoms with Gasteiger partial charge in [0.25, 0.3) is 0 Å². The number of halogens is 1. The maximum absolute atomic E-state index is 13.2. The summed E-state index contributed by atoms with van der Waals surface area (Å²) in [5.74, 6) is -1.22. The fraction of sp³-hybridized carbons (Fsp3) is 0.579. The van der Waals surface area contributed by atoms with Crippen LogP contribution in [0.25, 0.3) is 0 Å². The Labute approximate surface area is 166 Å². The molecule has 0 radical (unpaired) electrons. The summed E-state index contributed by atoms with van der Waals surface area (Å²) in [5.41, 5.74) is 0.641. The van der Waals surface area contributed by atoms with Gasteiger partial charge in [0.2, 0.25) is 21.8 Å². The van der Waals surface area contributed by atoms with Gasteiger partial charge in [-0.3, -0.25) is 9.59 Å². The molecule has 0 saturated heterocycles. The van der Waals surface area contributed by atoms with Crippen LogP contribution >= 0.6 is 0 Å². The van der Waals surface area contributed by atoms with Gasteiger partial charge in [-0.25, -0.2) is 12.8 Å². The molecule has 0 aliphatic heterocycles. The van der Waals surface area contributed by atoms with Crippen LogP contribution in [0.5, 0.6) is 0 Å². The first kappa shape index (κ1) is 24.0. The van der Waals surface area contributed by atoms with Gasteiger partial charge in [-0.1, -0.05) is 31.9 Å². The average molecular weight is 416 g/mol. The van der Waals surface area contributed by atoms with E-state index in [9.17, 15) is 22.4 Å². The molecule has 2 amide bonds. The van der Waals surface area contributed by atoms with Crippen LogP contribution in [0.4, 0.5) is 4.39 Å². The van der Waals surface area contributed by atoms with Crippen molar-refractivity contribution in [2.24, 2.45) is 0 Å². The van der Waals surface area contributed by atoms with Crippen LogP contribution in [0.1, 0.15) is 38.7 Å². The van der Waals surface area contributed by atoms with Crippen LogP contribution in [-0.2, 0) is 26.2 Å². The number of likely N-dealkylation sites (N-methyl/N-ethyl adjacent to an activating group) is 1. The molecule has 1 aromatic carbocycles. The smallest absolute Gasteiger partial charge is 0.242 e. The summed E-state index contributed by atoms with van der Waals surface area (Å²) in [6.45, 7) is 3.86. The molecule has 1 N–H and O–H groups in total. The third-order valence-corrected chi connectivity index (χ3v) is 5.70. The molecule has 0 aliphatic carbocycles. The number of nitrogens with one attached hydrogen (secondary N) is 1. The van der Waals surface area contributed by atoms with Gasteiger partial charge in [0, 0.05) is 20.1 Å². The Morgan fingerprint density at radius 3 is 2.32 bits per heavy atom. The normalized spacial score (nSPS) is 12.6. The number of hydrogen-bond acceptors (Lipinski definition) is 4. The summed E-state index contributed by atoms with van der Waals surface area (Å²) >= 11 is 0. The number of rotatable bonds is 11. The van der Waals surface area contributed by atoms with Gasteiger partial charge in [0.05, 0.1) is 12.8 Å². The Hall–Kier alpha value is -2.00. The molecule has 158 valence electrons. The molecule has 1 aromatic rings. The molecule has 7 nitrogen and oxygen atoms in total. The predicted octanol–water partition coefficient (Wildman–Crippen LogP) is 1.74. The Morgan fingerprint density at radius 2 is 1.79 bits per heavy atom. The van der Waals surface area contributed by atoms with Gasteiger partial charge >= 0.3 is 0 Å². The monoisotopic (exact) mass is 415 g/mol. The Morgan fingerprint density at radius 1 is 1.18 bits per heavy atom. The largest absolute Gasteiger partial charge is 0.354 e. The number of carbonyl (C=O) groups is 2. The van der Waals surface area contributed by atoms with Gasteiger partial charge in [0.1, 0.15) is 11.9 Å². The van der Waals surface area contributed by atoms with Crippen LogP contribution < -0.4 is 5.32 Å². The zero-order valence-corrected chi connectivity index (χ0v) is 17.8. The van der Waals surface area contributed by atoms with Gasteiger partial charge in [0.15, 0.2) is 0 Å². The number of unbranched alkanes of at least 4 members (excludes halogenated alkanes) is 2. The van der Waals surface area contributed by atoms with E-state index in [-0.39, 0.29) is 19.0 Å². The van der Waals surface area contributed by atoms with Crippen molar-refractivity contribution in [1.82, 2.24) is 14.5 Å². The van der Waals surface area contributed by atoms with Crippen LogP contribution in [0.15, 0.2) is 24.3 Å². The van der Waals surface area contributed by atoms with Crippen molar-refractivity contribution in [2.45, 2.75) is 45.7 Å². The summed E-state index contributed by atoms with van der Waals surface area (Å²) in [7, 11) is -2.24. The SMILES string of the molecule is CCCCCNC(=O)[C@H](C)N(Cc1ccc(F)cc1)C(=O)CN(C)S(C)(=O)=O. The molecular weight excluding hydrogens is 385 g/mol. The number of hydrogen-bond donors (Lipinski definition) is 1. The summed E-state index contributed by atoms with van der Waals surface area (Å²) in [6.07, 6.45) is 3.87. The van der Waals surface area contributed by atoms with E-state index in [1.165, 1.54) is 36.2 Å². The maximum Gasteiger partial charge on any atom is 0.242 e. The van der Waals surface area contributed by atoms with Crippen molar-refractivity contribution in [3.63, 3.8) is 0 Å². The van der Waals surface area contributed by atoms with E-state index in [0.717, 1.165) is 29.8 Å². The van der Waals surface area contributed by atoms with E-state index in [0.29, 0.717) is 12.1 Å². The van der Waals surface area contributed by atoms with Crippen LogP contribution in [0.2, 0.25) is 0 Å². The zero-order chi connectivity index (χ0) is 21.3. The Balaban J connectivity index is 2.93. The van der Waals surface area contributed by atoms with Crippen LogP contribution in [0, 0.1) is 5.82 Å². The van der Waals surface area contributed by atoms with E-state index in [1.807, 2.05) is 0 Å². The van der Waals surface area contributed by atoms with Crippen molar-refractivity contribution in [2.75, 3.05) is 26.4 Å². The lowest BCUT2D eigenvalue weighted by Crippen LogP contribution is -2.50. The summed E-state index contributed by atoms with van der Waals surface area (Å²) < 4.78 is 37.3. The molecule has 0 aliphatic rings. The topological polar surface area (TPSA) is 86.8 Å². The fourth-order valence-corrected chi connectivity index (χ4v) is 2.85. The van der Waals surface area contributed by atoms with E-state index in [4.69, 9.17) is 0 Å². The third kappa shape index (κ3) is 7.93. The predicted molar refractivity (Wildman–Crippen MR) is 106 cm³/mol. The van der Waals surface area contributed by atoms with Crippen LogP contribution in [0.3, 0.4) is 0 Å². The third-order valence-electron chi connectivity index (χ3n) is 4.44. The highest BCUT2D eigenvalue weighted by molar-refractivity contribution is 7.88. The lowest BCUT2D eigenvalue weighted by molar-refractivity contribution is -0.140. The molecule has 0 unspecified atom stereocenters. The molecule has 9 heteroatoms. The van der Waals surface area contributed by atoms with Gasteiger partial charge < -0.3 is 10.2 Å². The first-order valence-electron chi connectivity index (χ1n) is 9.29. The first-order valence-corrected chi connectivity index (χ1v) is 11.1. The molecule has 1 rings (SSSR count). The Kier molecular flexibility index (Phi) is 9.54. The molecular formula is C19H30FN3O4S. The minimum absolute atomic E-state index is 0.0697. The quantitative estimate of drug-likeness (QED) is 0.558. The van der Waals surface area contributed by atoms with E-state index in [1.54, 1.807) is 6.92 Å². The number of amides is 2. The molecule has 0 saturated carbocycles. The second kappa shape index (κ2) is 11.1. The van der Waals surface area contributed by atoms with E-state index < -0.39 is 27.8 Å². The molecule has 0 heterocycles. The highest BCUT2D eigenvalue weighted by Crippen LogP contribution is 2.12. The summed E-state index contributed by atoms with van der Waals surface area (Å²) in [5, 5.41) is 2.81. The van der Waals surface area contributed by atoms with Gasteiger partial charge in [-0.2, -0.15) is 4.31 Å². The zero-order valence-electron chi connectivity index (χ0n) is 16.9. The average Bonchev–Trinajstić information content (AvgIpc) is 2.63. The molecule has 28 heavy (non-hydrogen) atoms. The molecule has 0 spiro atoms. The van der Waals surface area contributed by atoms with Crippen molar-refractivity contribution in [3.05, 3.63) is 35.6 Å². The van der Waals surface area contributed by atoms with Crippen molar-refractivity contribution >= 4 is 21.8 Å². The van der Waals surface area contributed by atoms with Gasteiger partial charge in [-0.05, 0) is 31.0 Å². The molecule has 0 fully saturated rings. The molecule has 0 aromatic heterocycles. The summed E-state index contributed by atoms with van der Waals surface area (Å²) in [4.78, 5) is 26.6. The summed E-state index contributed by atoms with van der Waals surface area (Å²) in [6, 6.07) is 4.81. The lowest BCUT2D eigenvalue weighted by atomic mass is 10.1. The highest BCUT2D eigenvalue weighted by Gasteiger charge is 2.28. The van der Waals surface area contributed by atoms with E-state index >= 15 is 0 Å². The fourth-order valence-electron chi connectivity index (χ4n) is 2.50. The minimum atomic E-state index is -3.54. The second-order valence-corrected chi connectivity index (χ2v) is 8.93. The number of sulfonamides is 1. The molecule has 0 bridgehead atoms.